The highest BCUT2D eigenvalue weighted by Crippen LogP contribution is 2.35. The molecule has 0 radical (unpaired) electrons. The number of aromatic nitrogens is 1. The Bertz CT molecular complexity index is 606. The molecule has 0 spiro atoms. The monoisotopic (exact) mass is 273 g/mol. The van der Waals surface area contributed by atoms with Crippen LogP contribution in [0.2, 0.25) is 0 Å². The lowest BCUT2D eigenvalue weighted by molar-refractivity contribution is 0.276. The van der Waals surface area contributed by atoms with Crippen LogP contribution < -0.4 is 5.32 Å². The van der Waals surface area contributed by atoms with Crippen molar-refractivity contribution in [3.8, 4) is 0 Å². The first-order chi connectivity index (χ1) is 9.65. The molecule has 2 aromatic rings. The minimum absolute atomic E-state index is 0.244. The zero-order valence-corrected chi connectivity index (χ0v) is 11.9. The van der Waals surface area contributed by atoms with Crippen molar-refractivity contribution in [2.75, 3.05) is 26.0 Å². The van der Waals surface area contributed by atoms with E-state index in [0.717, 1.165) is 23.5 Å². The van der Waals surface area contributed by atoms with Gasteiger partial charge in [0.2, 0.25) is 0 Å². The number of hydrogen-bond donors (Lipinski definition) is 1. The van der Waals surface area contributed by atoms with Gasteiger partial charge in [-0.3, -0.25) is 4.98 Å². The van der Waals surface area contributed by atoms with Crippen LogP contribution in [0.1, 0.15) is 12.8 Å². The van der Waals surface area contributed by atoms with E-state index in [1.807, 2.05) is 6.07 Å². The van der Waals surface area contributed by atoms with Gasteiger partial charge in [0.05, 0.1) is 5.52 Å². The van der Waals surface area contributed by atoms with Crippen molar-refractivity contribution in [3.05, 3.63) is 36.3 Å². The lowest BCUT2D eigenvalue weighted by Gasteiger charge is -2.25. The molecule has 0 bridgehead atoms. The van der Waals surface area contributed by atoms with Crippen LogP contribution in [-0.4, -0.2) is 36.6 Å². The Hall–Kier alpha value is -1.68. The molecule has 1 aliphatic carbocycles. The van der Waals surface area contributed by atoms with E-state index in [1.165, 1.54) is 25.0 Å². The van der Waals surface area contributed by atoms with Crippen LogP contribution in [0.3, 0.4) is 0 Å². The van der Waals surface area contributed by atoms with Crippen molar-refractivity contribution >= 4 is 16.6 Å². The summed E-state index contributed by atoms with van der Waals surface area (Å²) in [6.07, 6.45) is 4.38. The lowest BCUT2D eigenvalue weighted by Crippen LogP contribution is -2.36. The van der Waals surface area contributed by atoms with E-state index in [9.17, 15) is 4.39 Å². The van der Waals surface area contributed by atoms with Crippen LogP contribution in [0.5, 0.6) is 0 Å². The fraction of sp³-hybridized carbons (Fsp3) is 0.438. The summed E-state index contributed by atoms with van der Waals surface area (Å²) in [7, 11) is 4.26. The van der Waals surface area contributed by atoms with Crippen LogP contribution in [-0.2, 0) is 0 Å². The molecular formula is C16H20FN3. The Balaban J connectivity index is 1.80. The number of halogens is 1. The third-order valence-corrected chi connectivity index (χ3v) is 4.04. The second kappa shape index (κ2) is 5.37. The minimum Gasteiger partial charge on any atom is -0.383 e. The van der Waals surface area contributed by atoms with E-state index in [4.69, 9.17) is 0 Å². The molecule has 0 saturated heterocycles. The summed E-state index contributed by atoms with van der Waals surface area (Å²) in [5.74, 6) is 0.564. The van der Waals surface area contributed by atoms with Crippen LogP contribution in [0.25, 0.3) is 10.9 Å². The smallest absolute Gasteiger partial charge is 0.125 e. The SMILES string of the molecule is CN(C)C(CNc1ccnc2cc(F)ccc12)C1CC1. The molecule has 1 heterocycles. The van der Waals surface area contributed by atoms with Crippen LogP contribution in [0.15, 0.2) is 30.5 Å². The summed E-state index contributed by atoms with van der Waals surface area (Å²) >= 11 is 0. The second-order valence-electron chi connectivity index (χ2n) is 5.77. The number of rotatable bonds is 5. The van der Waals surface area contributed by atoms with Gasteiger partial charge < -0.3 is 10.2 Å². The summed E-state index contributed by atoms with van der Waals surface area (Å²) in [5.41, 5.74) is 1.73. The van der Waals surface area contributed by atoms with Gasteiger partial charge in [0.15, 0.2) is 0 Å². The topological polar surface area (TPSA) is 28.2 Å². The molecule has 1 saturated carbocycles. The number of nitrogens with one attached hydrogen (secondary N) is 1. The third-order valence-electron chi connectivity index (χ3n) is 4.04. The largest absolute Gasteiger partial charge is 0.383 e. The van der Waals surface area contributed by atoms with Gasteiger partial charge in [-0.25, -0.2) is 4.39 Å². The number of likely N-dealkylation sites (N-methyl/N-ethyl adjacent to an activating group) is 1. The molecule has 1 unspecified atom stereocenters. The summed E-state index contributed by atoms with van der Waals surface area (Å²) in [5, 5.41) is 4.48. The van der Waals surface area contributed by atoms with E-state index >= 15 is 0 Å². The summed E-state index contributed by atoms with van der Waals surface area (Å²) in [4.78, 5) is 6.51. The first kappa shape index (κ1) is 13.3. The maximum Gasteiger partial charge on any atom is 0.125 e. The molecule has 1 aromatic carbocycles. The number of anilines is 1. The van der Waals surface area contributed by atoms with E-state index in [1.54, 1.807) is 12.3 Å². The van der Waals surface area contributed by atoms with Crippen molar-refractivity contribution in [2.45, 2.75) is 18.9 Å². The van der Waals surface area contributed by atoms with E-state index in [2.05, 4.69) is 29.3 Å². The van der Waals surface area contributed by atoms with Crippen molar-refractivity contribution in [1.29, 1.82) is 0 Å². The quantitative estimate of drug-likeness (QED) is 0.907. The van der Waals surface area contributed by atoms with Crippen LogP contribution >= 0.6 is 0 Å². The molecule has 1 aliphatic rings. The third kappa shape index (κ3) is 2.75. The van der Waals surface area contributed by atoms with Crippen molar-refractivity contribution in [3.63, 3.8) is 0 Å². The first-order valence-corrected chi connectivity index (χ1v) is 7.10. The van der Waals surface area contributed by atoms with Crippen LogP contribution in [0, 0.1) is 11.7 Å². The van der Waals surface area contributed by atoms with Gasteiger partial charge in [0.25, 0.3) is 0 Å². The fourth-order valence-electron chi connectivity index (χ4n) is 2.74. The Labute approximate surface area is 118 Å². The Morgan fingerprint density at radius 3 is 2.85 bits per heavy atom. The number of pyridine rings is 1. The Morgan fingerprint density at radius 2 is 2.15 bits per heavy atom. The van der Waals surface area contributed by atoms with Gasteiger partial charge in [-0.2, -0.15) is 0 Å². The average molecular weight is 273 g/mol. The van der Waals surface area contributed by atoms with Gasteiger partial charge in [-0.05, 0) is 51.1 Å². The predicted molar refractivity (Wildman–Crippen MR) is 80.4 cm³/mol. The maximum absolute atomic E-state index is 13.2. The van der Waals surface area contributed by atoms with Crippen LogP contribution in [0.4, 0.5) is 10.1 Å². The number of hydrogen-bond acceptors (Lipinski definition) is 3. The molecule has 20 heavy (non-hydrogen) atoms. The minimum atomic E-state index is -0.244. The zero-order valence-electron chi connectivity index (χ0n) is 11.9. The molecule has 1 fully saturated rings. The Morgan fingerprint density at radius 1 is 1.35 bits per heavy atom. The van der Waals surface area contributed by atoms with Gasteiger partial charge in [0, 0.05) is 35.9 Å². The lowest BCUT2D eigenvalue weighted by atomic mass is 10.1. The molecule has 1 aromatic heterocycles. The number of benzene rings is 1. The van der Waals surface area contributed by atoms with Crippen molar-refractivity contribution < 1.29 is 4.39 Å². The molecular weight excluding hydrogens is 253 g/mol. The summed E-state index contributed by atoms with van der Waals surface area (Å²) < 4.78 is 13.2. The molecule has 1 atom stereocenters. The summed E-state index contributed by atoms with van der Waals surface area (Å²) in [6, 6.07) is 7.27. The van der Waals surface area contributed by atoms with E-state index in [-0.39, 0.29) is 5.82 Å². The molecule has 3 nitrogen and oxygen atoms in total. The van der Waals surface area contributed by atoms with E-state index in [0.29, 0.717) is 11.6 Å². The highest BCUT2D eigenvalue weighted by Gasteiger charge is 2.32. The second-order valence-corrected chi connectivity index (χ2v) is 5.77. The fourth-order valence-corrected chi connectivity index (χ4v) is 2.74. The van der Waals surface area contributed by atoms with Crippen molar-refractivity contribution in [1.82, 2.24) is 9.88 Å². The molecule has 0 amide bonds. The molecule has 1 N–H and O–H groups in total. The standard InChI is InChI=1S/C16H20FN3/c1-20(2)16(11-3-4-11)10-19-14-7-8-18-15-9-12(17)5-6-13(14)15/h5-9,11,16H,3-4,10H2,1-2H3,(H,18,19). The van der Waals surface area contributed by atoms with Gasteiger partial charge >= 0.3 is 0 Å². The highest BCUT2D eigenvalue weighted by molar-refractivity contribution is 5.90. The zero-order chi connectivity index (χ0) is 14.1. The normalized spacial score (nSPS) is 16.6. The number of nitrogens with zero attached hydrogens (tertiary/aromatic N) is 2. The predicted octanol–water partition coefficient (Wildman–Crippen LogP) is 3.13. The van der Waals surface area contributed by atoms with Gasteiger partial charge in [0.1, 0.15) is 5.82 Å². The summed E-state index contributed by atoms with van der Waals surface area (Å²) in [6.45, 7) is 0.911. The average Bonchev–Trinajstić information content (AvgIpc) is 3.23. The van der Waals surface area contributed by atoms with Gasteiger partial charge in [-0.15, -0.1) is 0 Å². The molecule has 3 rings (SSSR count). The number of fused-ring (bicyclic) bond motifs is 1. The molecule has 4 heteroatoms. The molecule has 106 valence electrons. The highest BCUT2D eigenvalue weighted by atomic mass is 19.1. The maximum atomic E-state index is 13.2. The van der Waals surface area contributed by atoms with Crippen molar-refractivity contribution in [2.24, 2.45) is 5.92 Å². The molecule has 0 aliphatic heterocycles. The van der Waals surface area contributed by atoms with Gasteiger partial charge in [-0.1, -0.05) is 0 Å². The van der Waals surface area contributed by atoms with E-state index < -0.39 is 0 Å². The Kier molecular flexibility index (Phi) is 3.57. The first-order valence-electron chi connectivity index (χ1n) is 7.10.